The molecule has 1 heterocycles. The molecule has 7 heteroatoms. The molecule has 1 fully saturated rings. The third kappa shape index (κ3) is 2.63. The maximum atomic E-state index is 12.5. The highest BCUT2D eigenvalue weighted by Gasteiger charge is 2.33. The number of nitriles is 1. The predicted octanol–water partition coefficient (Wildman–Crippen LogP) is 0.532. The number of rotatable bonds is 2. The van der Waals surface area contributed by atoms with Gasteiger partial charge in [-0.25, -0.2) is 8.42 Å². The van der Waals surface area contributed by atoms with E-state index in [0.717, 1.165) is 0 Å². The van der Waals surface area contributed by atoms with Gasteiger partial charge in [-0.2, -0.15) is 9.57 Å². The maximum absolute atomic E-state index is 12.5. The van der Waals surface area contributed by atoms with Crippen LogP contribution in [0.1, 0.15) is 18.9 Å². The van der Waals surface area contributed by atoms with Crippen molar-refractivity contribution in [1.82, 2.24) is 4.31 Å². The Morgan fingerprint density at radius 2 is 2.20 bits per heavy atom. The van der Waals surface area contributed by atoms with Gasteiger partial charge >= 0.3 is 0 Å². The van der Waals surface area contributed by atoms with Crippen LogP contribution in [0.4, 0.5) is 5.69 Å². The zero-order valence-electron chi connectivity index (χ0n) is 11.2. The molecule has 1 saturated heterocycles. The van der Waals surface area contributed by atoms with Crippen molar-refractivity contribution in [2.24, 2.45) is 5.92 Å². The lowest BCUT2D eigenvalue weighted by atomic mass is 9.99. The Kier molecular flexibility index (Phi) is 3.99. The fourth-order valence-electron chi connectivity index (χ4n) is 2.31. The van der Waals surface area contributed by atoms with E-state index in [4.69, 9.17) is 11.0 Å². The third-order valence-corrected chi connectivity index (χ3v) is 5.52. The van der Waals surface area contributed by atoms with Crippen molar-refractivity contribution >= 4 is 15.7 Å². The van der Waals surface area contributed by atoms with Crippen LogP contribution in [-0.2, 0) is 10.0 Å². The fraction of sp³-hybridized carbons (Fsp3) is 0.462. The molecular formula is C13H17N3O3S. The number of piperidine rings is 1. The van der Waals surface area contributed by atoms with Crippen molar-refractivity contribution in [3.8, 4) is 6.07 Å². The van der Waals surface area contributed by atoms with Gasteiger partial charge in [0.15, 0.2) is 0 Å². The zero-order valence-corrected chi connectivity index (χ0v) is 12.0. The average molecular weight is 295 g/mol. The van der Waals surface area contributed by atoms with E-state index in [1.165, 1.54) is 22.5 Å². The van der Waals surface area contributed by atoms with Crippen LogP contribution in [-0.4, -0.2) is 37.0 Å². The van der Waals surface area contributed by atoms with E-state index in [2.05, 4.69) is 0 Å². The minimum atomic E-state index is -3.69. The van der Waals surface area contributed by atoms with Crippen molar-refractivity contribution in [3.05, 3.63) is 23.8 Å². The van der Waals surface area contributed by atoms with Crippen molar-refractivity contribution in [2.45, 2.75) is 24.3 Å². The molecule has 1 aliphatic rings. The minimum absolute atomic E-state index is 0.0140. The standard InChI is InChI=1S/C13H17N3O3S/c1-9-8-16(5-4-12(9)17)20(18,19)13-3-2-10(7-14)6-11(13)15/h2-3,6,9,12,17H,4-5,8,15H2,1H3. The number of nitrogen functional groups attached to an aromatic ring is 1. The summed E-state index contributed by atoms with van der Waals surface area (Å²) in [7, 11) is -3.69. The quantitative estimate of drug-likeness (QED) is 0.774. The molecule has 1 aromatic carbocycles. The van der Waals surface area contributed by atoms with Crippen molar-refractivity contribution < 1.29 is 13.5 Å². The molecule has 0 amide bonds. The number of benzene rings is 1. The Hall–Kier alpha value is -1.62. The lowest BCUT2D eigenvalue weighted by Crippen LogP contribution is -2.45. The molecule has 0 saturated carbocycles. The first-order valence-corrected chi connectivity index (χ1v) is 7.78. The Balaban J connectivity index is 2.34. The molecule has 108 valence electrons. The smallest absolute Gasteiger partial charge is 0.245 e. The minimum Gasteiger partial charge on any atom is -0.398 e. The van der Waals surface area contributed by atoms with E-state index in [9.17, 15) is 13.5 Å². The van der Waals surface area contributed by atoms with Gasteiger partial charge in [0.25, 0.3) is 0 Å². The van der Waals surface area contributed by atoms with Gasteiger partial charge < -0.3 is 10.8 Å². The van der Waals surface area contributed by atoms with Crippen LogP contribution in [0.25, 0.3) is 0 Å². The second-order valence-electron chi connectivity index (χ2n) is 5.06. The Labute approximate surface area is 118 Å². The average Bonchev–Trinajstić information content (AvgIpc) is 2.41. The molecule has 1 aromatic rings. The highest BCUT2D eigenvalue weighted by atomic mass is 32.2. The molecule has 3 N–H and O–H groups in total. The number of sulfonamides is 1. The summed E-state index contributed by atoms with van der Waals surface area (Å²) in [6.45, 7) is 2.35. The van der Waals surface area contributed by atoms with E-state index < -0.39 is 16.1 Å². The molecular weight excluding hydrogens is 278 g/mol. The lowest BCUT2D eigenvalue weighted by molar-refractivity contribution is 0.0629. The molecule has 2 unspecified atom stereocenters. The number of hydrogen-bond donors (Lipinski definition) is 2. The number of hydrogen-bond acceptors (Lipinski definition) is 5. The van der Waals surface area contributed by atoms with Gasteiger partial charge in [-0.15, -0.1) is 0 Å². The van der Waals surface area contributed by atoms with Crippen LogP contribution in [0, 0.1) is 17.2 Å². The van der Waals surface area contributed by atoms with Gasteiger partial charge in [-0.1, -0.05) is 6.92 Å². The Bertz CT molecular complexity index is 651. The zero-order chi connectivity index (χ0) is 14.9. The summed E-state index contributed by atoms with van der Waals surface area (Å²) in [4.78, 5) is 0.0140. The van der Waals surface area contributed by atoms with E-state index >= 15 is 0 Å². The van der Waals surface area contributed by atoms with Crippen LogP contribution in [0.2, 0.25) is 0 Å². The van der Waals surface area contributed by atoms with E-state index in [-0.39, 0.29) is 29.6 Å². The normalized spacial score (nSPS) is 24.2. The molecule has 6 nitrogen and oxygen atoms in total. The summed E-state index contributed by atoms with van der Waals surface area (Å²) < 4.78 is 26.4. The van der Waals surface area contributed by atoms with Crippen LogP contribution in [0.5, 0.6) is 0 Å². The number of nitrogens with two attached hydrogens (primary N) is 1. The molecule has 0 radical (unpaired) electrons. The molecule has 2 rings (SSSR count). The van der Waals surface area contributed by atoms with Crippen molar-refractivity contribution in [1.29, 1.82) is 5.26 Å². The van der Waals surface area contributed by atoms with Gasteiger partial charge in [0.2, 0.25) is 10.0 Å². The maximum Gasteiger partial charge on any atom is 0.245 e. The van der Waals surface area contributed by atoms with E-state index in [1.54, 1.807) is 0 Å². The molecule has 2 atom stereocenters. The lowest BCUT2D eigenvalue weighted by Gasteiger charge is -2.33. The van der Waals surface area contributed by atoms with Crippen LogP contribution < -0.4 is 5.73 Å². The summed E-state index contributed by atoms with van der Waals surface area (Å²) in [6.07, 6.45) is -0.0592. The van der Waals surface area contributed by atoms with Gasteiger partial charge in [-0.3, -0.25) is 0 Å². The fourth-order valence-corrected chi connectivity index (χ4v) is 3.96. The molecule has 0 bridgehead atoms. The number of nitrogens with zero attached hydrogens (tertiary/aromatic N) is 2. The van der Waals surface area contributed by atoms with Gasteiger partial charge in [0.1, 0.15) is 4.90 Å². The topological polar surface area (TPSA) is 107 Å². The third-order valence-electron chi connectivity index (χ3n) is 3.58. The SMILES string of the molecule is CC1CN(S(=O)(=O)c2ccc(C#N)cc2N)CCC1O. The summed E-state index contributed by atoms with van der Waals surface area (Å²) in [5.74, 6) is -0.113. The highest BCUT2D eigenvalue weighted by Crippen LogP contribution is 2.27. The van der Waals surface area contributed by atoms with Gasteiger partial charge in [-0.05, 0) is 30.5 Å². The number of aliphatic hydroxyl groups is 1. The summed E-state index contributed by atoms with van der Waals surface area (Å²) in [5.41, 5.74) is 6.14. The van der Waals surface area contributed by atoms with Crippen LogP contribution in [0.15, 0.2) is 23.1 Å². The van der Waals surface area contributed by atoms with E-state index in [0.29, 0.717) is 12.0 Å². The Morgan fingerprint density at radius 3 is 2.75 bits per heavy atom. The highest BCUT2D eigenvalue weighted by molar-refractivity contribution is 7.89. The summed E-state index contributed by atoms with van der Waals surface area (Å²) in [5, 5.41) is 18.4. The monoisotopic (exact) mass is 295 g/mol. The molecule has 0 spiro atoms. The van der Waals surface area contributed by atoms with Crippen molar-refractivity contribution in [2.75, 3.05) is 18.8 Å². The van der Waals surface area contributed by atoms with E-state index in [1.807, 2.05) is 13.0 Å². The Morgan fingerprint density at radius 1 is 1.50 bits per heavy atom. The second-order valence-corrected chi connectivity index (χ2v) is 6.97. The van der Waals surface area contributed by atoms with Gasteiger partial charge in [0, 0.05) is 13.1 Å². The summed E-state index contributed by atoms with van der Waals surface area (Å²) >= 11 is 0. The first-order chi connectivity index (χ1) is 9.36. The van der Waals surface area contributed by atoms with Crippen LogP contribution in [0.3, 0.4) is 0 Å². The number of aliphatic hydroxyl groups excluding tert-OH is 1. The summed E-state index contributed by atoms with van der Waals surface area (Å²) in [6, 6.07) is 6.07. The van der Waals surface area contributed by atoms with Crippen LogP contribution >= 0.6 is 0 Å². The first-order valence-electron chi connectivity index (χ1n) is 6.34. The molecule has 1 aliphatic heterocycles. The van der Waals surface area contributed by atoms with Crippen molar-refractivity contribution in [3.63, 3.8) is 0 Å². The second kappa shape index (κ2) is 5.40. The predicted molar refractivity (Wildman–Crippen MR) is 74.1 cm³/mol. The molecule has 0 aliphatic carbocycles. The number of anilines is 1. The van der Waals surface area contributed by atoms with Gasteiger partial charge in [0.05, 0.1) is 23.4 Å². The molecule has 20 heavy (non-hydrogen) atoms. The molecule has 0 aromatic heterocycles. The largest absolute Gasteiger partial charge is 0.398 e. The first kappa shape index (κ1) is 14.8.